The molecule has 1 fully saturated rings. The zero-order valence-corrected chi connectivity index (χ0v) is 12.9. The first kappa shape index (κ1) is 18.2. The highest BCUT2D eigenvalue weighted by atomic mass is 16.5. The average Bonchev–Trinajstić information content (AvgIpc) is 2.91. The molecule has 2 rings (SSSR count). The van der Waals surface area contributed by atoms with Gasteiger partial charge in [0.05, 0.1) is 18.4 Å². The highest BCUT2D eigenvalue weighted by Gasteiger charge is 2.29. The van der Waals surface area contributed by atoms with Crippen LogP contribution < -0.4 is 10.4 Å². The molecule has 22 heavy (non-hydrogen) atoms. The van der Waals surface area contributed by atoms with Crippen LogP contribution in [-0.2, 0) is 20.9 Å². The first-order valence-electron chi connectivity index (χ1n) is 7.22. The molecular weight excluding hydrogens is 290 g/mol. The number of rotatable bonds is 4. The van der Waals surface area contributed by atoms with E-state index in [0.717, 1.165) is 24.8 Å². The second-order valence-electron chi connectivity index (χ2n) is 5.87. The van der Waals surface area contributed by atoms with Crippen LogP contribution in [0.15, 0.2) is 22.8 Å². The van der Waals surface area contributed by atoms with Crippen LogP contribution in [0.3, 0.4) is 0 Å². The summed E-state index contributed by atoms with van der Waals surface area (Å²) in [6.07, 6.45) is 4.10. The summed E-state index contributed by atoms with van der Waals surface area (Å²) in [7, 11) is 0. The van der Waals surface area contributed by atoms with Gasteiger partial charge in [-0.25, -0.2) is 4.79 Å². The highest BCUT2D eigenvalue weighted by molar-refractivity contribution is 6.26. The van der Waals surface area contributed by atoms with E-state index in [1.807, 2.05) is 12.1 Å². The fraction of sp³-hybridized carbons (Fsp3) is 0.600. The maximum atomic E-state index is 9.04. The molecule has 0 radical (unpaired) electrons. The van der Waals surface area contributed by atoms with Gasteiger partial charge in [0.15, 0.2) is 11.7 Å². The summed E-state index contributed by atoms with van der Waals surface area (Å²) in [5, 5.41) is 18.7. The lowest BCUT2D eigenvalue weighted by atomic mass is 9.88. The highest BCUT2D eigenvalue weighted by Crippen LogP contribution is 2.27. The summed E-state index contributed by atoms with van der Waals surface area (Å²) in [6.45, 7) is 7.40. The number of quaternary nitrogens is 1. The molecule has 0 aliphatic carbocycles. The molecule has 1 atom stereocenters. The average molecular weight is 313 g/mol. The Kier molecular flexibility index (Phi) is 7.07. The van der Waals surface area contributed by atoms with Gasteiger partial charge in [-0.2, -0.15) is 0 Å². The third-order valence-electron chi connectivity index (χ3n) is 3.40. The van der Waals surface area contributed by atoms with E-state index >= 15 is 0 Å². The Hall–Kier alpha value is -1.86. The Labute approximate surface area is 129 Å². The van der Waals surface area contributed by atoms with Crippen LogP contribution in [0.1, 0.15) is 32.4 Å². The summed E-state index contributed by atoms with van der Waals surface area (Å²) in [5.74, 6) is -2.17. The van der Waals surface area contributed by atoms with E-state index in [4.69, 9.17) is 29.0 Å². The van der Waals surface area contributed by atoms with Gasteiger partial charge in [0.2, 0.25) is 0 Å². The Morgan fingerprint density at radius 2 is 2.18 bits per heavy atom. The lowest BCUT2D eigenvalue weighted by Crippen LogP contribution is -2.84. The molecule has 1 unspecified atom stereocenters. The van der Waals surface area contributed by atoms with E-state index in [0.29, 0.717) is 0 Å². The zero-order valence-electron chi connectivity index (χ0n) is 12.9. The van der Waals surface area contributed by atoms with Crippen molar-refractivity contribution in [3.63, 3.8) is 0 Å². The van der Waals surface area contributed by atoms with Gasteiger partial charge in [-0.15, -0.1) is 0 Å². The molecule has 1 aromatic rings. The molecule has 1 aromatic heterocycles. The summed E-state index contributed by atoms with van der Waals surface area (Å²) >= 11 is 0. The predicted octanol–water partition coefficient (Wildman–Crippen LogP) is -0.631. The van der Waals surface area contributed by atoms with Gasteiger partial charge in [0.25, 0.3) is 0 Å². The minimum atomic E-state index is -2.07. The van der Waals surface area contributed by atoms with Crippen molar-refractivity contribution in [3.05, 3.63) is 24.2 Å². The number of hydrogen-bond donors (Lipinski definition) is 2. The molecule has 2 heterocycles. The van der Waals surface area contributed by atoms with Crippen LogP contribution in [0.5, 0.6) is 0 Å². The van der Waals surface area contributed by atoms with Crippen LogP contribution >= 0.6 is 0 Å². The Balaban J connectivity index is 0.000000346. The zero-order chi connectivity index (χ0) is 16.6. The number of carbonyl (C=O) groups is 2. The number of hydrogen-bond acceptors (Lipinski definition) is 5. The van der Waals surface area contributed by atoms with Crippen LogP contribution in [0, 0.1) is 5.92 Å². The van der Waals surface area contributed by atoms with Gasteiger partial charge >= 0.3 is 5.97 Å². The summed E-state index contributed by atoms with van der Waals surface area (Å²) in [4.78, 5) is 18.0. The molecule has 0 aromatic carbocycles. The standard InChI is InChI=1S/C13H21NO2.C2H2O4/c1-13(2)8-11(5-7-16-13)9-14-10-12-4-3-6-15-12;3-1(4)2(5)6/h3-4,6,11,14H,5,7-10H2,1-2H3;(H,3,4)(H,5,6). The molecule has 1 aliphatic rings. The second-order valence-corrected chi connectivity index (χ2v) is 5.87. The van der Waals surface area contributed by atoms with E-state index in [9.17, 15) is 0 Å². The molecule has 1 saturated heterocycles. The fourth-order valence-corrected chi connectivity index (χ4v) is 2.45. The van der Waals surface area contributed by atoms with Gasteiger partial charge in [0, 0.05) is 12.5 Å². The normalized spacial score (nSPS) is 19.8. The molecule has 1 aliphatic heterocycles. The van der Waals surface area contributed by atoms with Crippen molar-refractivity contribution < 1.29 is 34.3 Å². The van der Waals surface area contributed by atoms with E-state index in [1.54, 1.807) is 6.26 Å². The second kappa shape index (κ2) is 8.55. The number of carboxylic acids is 2. The number of ether oxygens (including phenoxy) is 1. The number of nitrogens with two attached hydrogens (primary N) is 1. The topological polar surface area (TPSA) is 116 Å². The molecule has 0 saturated carbocycles. The summed E-state index contributed by atoms with van der Waals surface area (Å²) in [5.41, 5.74) is 0.0709. The third-order valence-corrected chi connectivity index (χ3v) is 3.40. The lowest BCUT2D eigenvalue weighted by Gasteiger charge is -2.34. The SMILES string of the molecule is CC1(C)CC(C[NH2+]Cc2ccco2)CCO1.O=C([O-])C(=O)O. The molecule has 0 bridgehead atoms. The maximum Gasteiger partial charge on any atom is 0.351 e. The number of furan rings is 1. The number of carboxylic acid groups (broad SMARTS) is 2. The smallest absolute Gasteiger partial charge is 0.351 e. The van der Waals surface area contributed by atoms with Gasteiger partial charge in [-0.1, -0.05) is 0 Å². The van der Waals surface area contributed by atoms with Gasteiger partial charge in [-0.05, 0) is 38.8 Å². The van der Waals surface area contributed by atoms with Crippen molar-refractivity contribution in [3.8, 4) is 0 Å². The first-order valence-corrected chi connectivity index (χ1v) is 7.22. The van der Waals surface area contributed by atoms with Crippen LogP contribution in [0.4, 0.5) is 0 Å². The molecule has 7 nitrogen and oxygen atoms in total. The van der Waals surface area contributed by atoms with Crippen molar-refractivity contribution in [2.24, 2.45) is 5.92 Å². The predicted molar refractivity (Wildman–Crippen MR) is 74.6 cm³/mol. The Morgan fingerprint density at radius 3 is 2.68 bits per heavy atom. The quantitative estimate of drug-likeness (QED) is 0.715. The van der Waals surface area contributed by atoms with E-state index in [-0.39, 0.29) is 5.60 Å². The third kappa shape index (κ3) is 7.24. The van der Waals surface area contributed by atoms with Crippen molar-refractivity contribution in [1.29, 1.82) is 0 Å². The molecular formula is C15H23NO6. The Bertz CT molecular complexity index is 456. The largest absolute Gasteiger partial charge is 0.539 e. The van der Waals surface area contributed by atoms with Crippen molar-refractivity contribution in [2.75, 3.05) is 13.2 Å². The minimum Gasteiger partial charge on any atom is -0.539 e. The molecule has 3 N–H and O–H groups in total. The summed E-state index contributed by atoms with van der Waals surface area (Å²) in [6, 6.07) is 3.98. The molecule has 0 spiro atoms. The Morgan fingerprint density at radius 1 is 1.50 bits per heavy atom. The number of carbonyl (C=O) groups excluding carboxylic acids is 1. The van der Waals surface area contributed by atoms with Gasteiger partial charge in [-0.3, -0.25) is 0 Å². The van der Waals surface area contributed by atoms with Crippen LogP contribution in [-0.4, -0.2) is 35.8 Å². The van der Waals surface area contributed by atoms with Crippen molar-refractivity contribution in [1.82, 2.24) is 0 Å². The molecule has 0 amide bonds. The van der Waals surface area contributed by atoms with Crippen LogP contribution in [0.25, 0.3) is 0 Å². The van der Waals surface area contributed by atoms with Crippen molar-refractivity contribution >= 4 is 11.9 Å². The summed E-state index contributed by atoms with van der Waals surface area (Å²) < 4.78 is 11.0. The monoisotopic (exact) mass is 313 g/mol. The number of aliphatic carboxylic acids is 2. The molecule has 124 valence electrons. The van der Waals surface area contributed by atoms with E-state index < -0.39 is 11.9 Å². The minimum absolute atomic E-state index is 0.0709. The van der Waals surface area contributed by atoms with E-state index in [1.165, 1.54) is 19.4 Å². The maximum absolute atomic E-state index is 9.04. The fourth-order valence-electron chi connectivity index (χ4n) is 2.45. The van der Waals surface area contributed by atoms with Gasteiger partial charge in [0.1, 0.15) is 6.54 Å². The van der Waals surface area contributed by atoms with Gasteiger partial charge < -0.3 is 29.5 Å². The van der Waals surface area contributed by atoms with Crippen molar-refractivity contribution in [2.45, 2.75) is 38.8 Å². The lowest BCUT2D eigenvalue weighted by molar-refractivity contribution is -0.678. The van der Waals surface area contributed by atoms with Crippen LogP contribution in [0.2, 0.25) is 0 Å². The molecule has 7 heteroatoms. The first-order chi connectivity index (χ1) is 10.3. The van der Waals surface area contributed by atoms with E-state index in [2.05, 4.69) is 19.2 Å².